The van der Waals surface area contributed by atoms with E-state index in [2.05, 4.69) is 0 Å². The molecule has 1 aliphatic heterocycles. The van der Waals surface area contributed by atoms with E-state index >= 15 is 0 Å². The lowest BCUT2D eigenvalue weighted by molar-refractivity contribution is -0.131. The summed E-state index contributed by atoms with van der Waals surface area (Å²) in [7, 11) is 0. The maximum atomic E-state index is 11.8. The second-order valence-electron chi connectivity index (χ2n) is 4.28. The molecule has 0 saturated carbocycles. The lowest BCUT2D eigenvalue weighted by atomic mass is 10.2. The summed E-state index contributed by atoms with van der Waals surface area (Å²) in [5.74, 6) is 0.153. The van der Waals surface area contributed by atoms with Crippen molar-refractivity contribution in [2.24, 2.45) is 0 Å². The second kappa shape index (κ2) is 5.12. The Balaban J connectivity index is 2.00. The predicted octanol–water partition coefficient (Wildman–Crippen LogP) is 1.56. The number of aliphatic hydroxyl groups is 1. The van der Waals surface area contributed by atoms with Crippen LogP contribution in [0.15, 0.2) is 30.3 Å². The van der Waals surface area contributed by atoms with Crippen molar-refractivity contribution >= 4 is 5.91 Å². The van der Waals surface area contributed by atoms with E-state index in [-0.39, 0.29) is 12.0 Å². The van der Waals surface area contributed by atoms with Gasteiger partial charge in [0, 0.05) is 19.5 Å². The van der Waals surface area contributed by atoms with Gasteiger partial charge in [0.25, 0.3) is 0 Å². The number of carbonyl (C=O) groups excluding carboxylic acids is 1. The zero-order valence-corrected chi connectivity index (χ0v) is 9.30. The number of carbonyl (C=O) groups is 1. The highest BCUT2D eigenvalue weighted by molar-refractivity contribution is 5.76. The third-order valence-electron chi connectivity index (χ3n) is 2.99. The predicted molar refractivity (Wildman–Crippen MR) is 61.7 cm³/mol. The smallest absolute Gasteiger partial charge is 0.222 e. The minimum absolute atomic E-state index is 0.153. The van der Waals surface area contributed by atoms with Gasteiger partial charge < -0.3 is 10.0 Å². The molecule has 0 aliphatic carbocycles. The standard InChI is InChI=1S/C13H17NO2/c15-12-6-7-13(16)14(9-8-12)10-11-4-2-1-3-5-11/h1-5,12,15H,6-10H2. The van der Waals surface area contributed by atoms with Gasteiger partial charge in [-0.1, -0.05) is 30.3 Å². The zero-order valence-electron chi connectivity index (χ0n) is 9.30. The van der Waals surface area contributed by atoms with Crippen molar-refractivity contribution < 1.29 is 9.90 Å². The summed E-state index contributed by atoms with van der Waals surface area (Å²) in [6.07, 6.45) is 1.45. The van der Waals surface area contributed by atoms with Crippen LogP contribution in [0.25, 0.3) is 0 Å². The lowest BCUT2D eigenvalue weighted by Gasteiger charge is -2.20. The number of amides is 1. The van der Waals surface area contributed by atoms with Gasteiger partial charge in [-0.15, -0.1) is 0 Å². The lowest BCUT2D eigenvalue weighted by Crippen LogP contribution is -2.29. The third-order valence-corrected chi connectivity index (χ3v) is 2.99. The fourth-order valence-corrected chi connectivity index (χ4v) is 1.99. The molecule has 3 heteroatoms. The fraction of sp³-hybridized carbons (Fsp3) is 0.462. The highest BCUT2D eigenvalue weighted by atomic mass is 16.3. The highest BCUT2D eigenvalue weighted by Crippen LogP contribution is 2.14. The molecule has 1 saturated heterocycles. The van der Waals surface area contributed by atoms with Gasteiger partial charge in [0.2, 0.25) is 5.91 Å². The summed E-state index contributed by atoms with van der Waals surface area (Å²) in [5.41, 5.74) is 1.15. The van der Waals surface area contributed by atoms with Crippen LogP contribution in [-0.2, 0) is 11.3 Å². The van der Waals surface area contributed by atoms with E-state index in [1.54, 1.807) is 0 Å². The summed E-state index contributed by atoms with van der Waals surface area (Å²) in [6.45, 7) is 1.32. The molecular weight excluding hydrogens is 202 g/mol. The van der Waals surface area contributed by atoms with Crippen molar-refractivity contribution in [1.82, 2.24) is 4.90 Å². The Bertz CT molecular complexity index is 350. The Morgan fingerprint density at radius 1 is 1.25 bits per heavy atom. The van der Waals surface area contributed by atoms with Crippen molar-refractivity contribution in [3.05, 3.63) is 35.9 Å². The van der Waals surface area contributed by atoms with Gasteiger partial charge in [-0.3, -0.25) is 4.79 Å². The van der Waals surface area contributed by atoms with Crippen molar-refractivity contribution in [3.8, 4) is 0 Å². The first-order chi connectivity index (χ1) is 7.75. The zero-order chi connectivity index (χ0) is 11.4. The quantitative estimate of drug-likeness (QED) is 0.820. The molecule has 86 valence electrons. The maximum Gasteiger partial charge on any atom is 0.222 e. The van der Waals surface area contributed by atoms with Gasteiger partial charge in [0.15, 0.2) is 0 Å². The van der Waals surface area contributed by atoms with Gasteiger partial charge in [0.1, 0.15) is 0 Å². The number of rotatable bonds is 2. The Kier molecular flexibility index (Phi) is 3.57. The molecule has 0 aromatic heterocycles. The molecule has 1 unspecified atom stereocenters. The summed E-state index contributed by atoms with van der Waals surface area (Å²) in [4.78, 5) is 13.6. The second-order valence-corrected chi connectivity index (χ2v) is 4.28. The van der Waals surface area contributed by atoms with E-state index in [1.807, 2.05) is 35.2 Å². The molecule has 1 aromatic rings. The molecule has 1 amide bonds. The Hall–Kier alpha value is -1.35. The number of benzene rings is 1. The molecule has 1 N–H and O–H groups in total. The van der Waals surface area contributed by atoms with Crippen molar-refractivity contribution in [2.45, 2.75) is 31.9 Å². The largest absolute Gasteiger partial charge is 0.393 e. The number of likely N-dealkylation sites (tertiary alicyclic amines) is 1. The van der Waals surface area contributed by atoms with Crippen LogP contribution in [0.3, 0.4) is 0 Å². The molecular formula is C13H17NO2. The molecule has 0 spiro atoms. The monoisotopic (exact) mass is 219 g/mol. The molecule has 3 nitrogen and oxygen atoms in total. The van der Waals surface area contributed by atoms with E-state index in [9.17, 15) is 9.90 Å². The Morgan fingerprint density at radius 3 is 2.75 bits per heavy atom. The maximum absolute atomic E-state index is 11.8. The van der Waals surface area contributed by atoms with Crippen LogP contribution in [0, 0.1) is 0 Å². The average molecular weight is 219 g/mol. The van der Waals surface area contributed by atoms with E-state index in [0.717, 1.165) is 5.56 Å². The average Bonchev–Trinajstić information content (AvgIpc) is 2.46. The van der Waals surface area contributed by atoms with Crippen LogP contribution >= 0.6 is 0 Å². The van der Waals surface area contributed by atoms with Gasteiger partial charge in [-0.05, 0) is 18.4 Å². The van der Waals surface area contributed by atoms with E-state index in [0.29, 0.717) is 32.4 Å². The molecule has 1 aliphatic rings. The first-order valence-electron chi connectivity index (χ1n) is 5.75. The van der Waals surface area contributed by atoms with Crippen LogP contribution in [0.4, 0.5) is 0 Å². The normalized spacial score (nSPS) is 21.9. The van der Waals surface area contributed by atoms with E-state index < -0.39 is 0 Å². The Labute approximate surface area is 95.7 Å². The Morgan fingerprint density at radius 2 is 2.00 bits per heavy atom. The molecule has 0 radical (unpaired) electrons. The molecule has 1 heterocycles. The van der Waals surface area contributed by atoms with Gasteiger partial charge in [-0.25, -0.2) is 0 Å². The third kappa shape index (κ3) is 2.83. The summed E-state index contributed by atoms with van der Waals surface area (Å²) in [6, 6.07) is 9.97. The molecule has 1 atom stereocenters. The van der Waals surface area contributed by atoms with Crippen molar-refractivity contribution in [1.29, 1.82) is 0 Å². The van der Waals surface area contributed by atoms with Crippen molar-refractivity contribution in [3.63, 3.8) is 0 Å². The number of hydrogen-bond acceptors (Lipinski definition) is 2. The summed E-state index contributed by atoms with van der Waals surface area (Å²) in [5, 5.41) is 9.51. The van der Waals surface area contributed by atoms with Crippen LogP contribution in [0.5, 0.6) is 0 Å². The topological polar surface area (TPSA) is 40.5 Å². The molecule has 16 heavy (non-hydrogen) atoms. The molecule has 0 bridgehead atoms. The summed E-state index contributed by atoms with van der Waals surface area (Å²) < 4.78 is 0. The molecule has 1 fully saturated rings. The fourth-order valence-electron chi connectivity index (χ4n) is 1.99. The SMILES string of the molecule is O=C1CCC(O)CCN1Cc1ccccc1. The summed E-state index contributed by atoms with van der Waals surface area (Å²) >= 11 is 0. The first-order valence-corrected chi connectivity index (χ1v) is 5.75. The van der Waals surface area contributed by atoms with E-state index in [1.165, 1.54) is 0 Å². The highest BCUT2D eigenvalue weighted by Gasteiger charge is 2.20. The van der Waals surface area contributed by atoms with Crippen LogP contribution in [-0.4, -0.2) is 28.6 Å². The molecule has 1 aromatic carbocycles. The number of hydrogen-bond donors (Lipinski definition) is 1. The number of nitrogens with zero attached hydrogens (tertiary/aromatic N) is 1. The van der Waals surface area contributed by atoms with Gasteiger partial charge in [0.05, 0.1) is 6.10 Å². The van der Waals surface area contributed by atoms with Gasteiger partial charge >= 0.3 is 0 Å². The van der Waals surface area contributed by atoms with E-state index in [4.69, 9.17) is 0 Å². The number of aliphatic hydroxyl groups excluding tert-OH is 1. The van der Waals surface area contributed by atoms with Crippen LogP contribution in [0.1, 0.15) is 24.8 Å². The van der Waals surface area contributed by atoms with Crippen LogP contribution < -0.4 is 0 Å². The minimum atomic E-state index is -0.315. The minimum Gasteiger partial charge on any atom is -0.393 e. The first kappa shape index (κ1) is 11.1. The molecule has 2 rings (SSSR count). The van der Waals surface area contributed by atoms with Crippen LogP contribution in [0.2, 0.25) is 0 Å². The van der Waals surface area contributed by atoms with Crippen molar-refractivity contribution in [2.75, 3.05) is 6.54 Å². The van der Waals surface area contributed by atoms with Gasteiger partial charge in [-0.2, -0.15) is 0 Å².